The maximum atomic E-state index is 11.8. The number of pyridine rings is 1. The van der Waals surface area contributed by atoms with Crippen molar-refractivity contribution in [1.82, 2.24) is 4.98 Å². The molecule has 0 radical (unpaired) electrons. The Morgan fingerprint density at radius 2 is 1.93 bits per heavy atom. The molecule has 0 saturated heterocycles. The Bertz CT molecular complexity index is 319. The van der Waals surface area contributed by atoms with Crippen LogP contribution in [0.25, 0.3) is 0 Å². The first-order valence-corrected chi connectivity index (χ1v) is 5.09. The summed E-state index contributed by atoms with van der Waals surface area (Å²) in [4.78, 5) is 17.3. The molecule has 0 fully saturated rings. The second-order valence-electron chi connectivity index (χ2n) is 3.54. The van der Waals surface area contributed by atoms with Gasteiger partial charge in [0.15, 0.2) is 0 Å². The minimum absolute atomic E-state index is 0.0173. The van der Waals surface area contributed by atoms with Crippen LogP contribution in [0.15, 0.2) is 24.5 Å². The summed E-state index contributed by atoms with van der Waals surface area (Å²) in [6.07, 6.45) is 3.33. The molecule has 0 bridgehead atoms. The maximum Gasteiger partial charge on any atom is 0.243 e. The van der Waals surface area contributed by atoms with Crippen molar-refractivity contribution in [2.75, 3.05) is 11.9 Å². The highest BCUT2D eigenvalue weighted by atomic mass is 79.9. The van der Waals surface area contributed by atoms with Gasteiger partial charge in [0.1, 0.15) is 0 Å². The number of anilines is 1. The number of carbonyl (C=O) groups excluding carboxylic acids is 1. The van der Waals surface area contributed by atoms with Gasteiger partial charge in [-0.25, -0.2) is 0 Å². The van der Waals surface area contributed by atoms with Gasteiger partial charge in [-0.1, -0.05) is 15.9 Å². The second kappa shape index (κ2) is 4.09. The number of aromatic nitrogens is 1. The first kappa shape index (κ1) is 11.2. The fourth-order valence-electron chi connectivity index (χ4n) is 1.08. The number of carbonyl (C=O) groups is 1. The van der Waals surface area contributed by atoms with E-state index in [2.05, 4.69) is 20.9 Å². The lowest BCUT2D eigenvalue weighted by molar-refractivity contribution is -0.119. The lowest BCUT2D eigenvalue weighted by Gasteiger charge is -2.24. The SMILES string of the molecule is CN(C(=O)C(C)(C)Br)c1ccncc1. The Balaban J connectivity index is 2.87. The smallest absolute Gasteiger partial charge is 0.243 e. The topological polar surface area (TPSA) is 33.2 Å². The summed E-state index contributed by atoms with van der Waals surface area (Å²) >= 11 is 3.33. The zero-order chi connectivity index (χ0) is 10.8. The summed E-state index contributed by atoms with van der Waals surface area (Å²) < 4.78 is -0.537. The van der Waals surface area contributed by atoms with E-state index in [1.807, 2.05) is 13.8 Å². The molecule has 1 heterocycles. The lowest BCUT2D eigenvalue weighted by Crippen LogP contribution is -2.39. The van der Waals surface area contributed by atoms with Crippen molar-refractivity contribution in [1.29, 1.82) is 0 Å². The number of alkyl halides is 1. The molecule has 0 aliphatic heterocycles. The Morgan fingerprint density at radius 3 is 2.36 bits per heavy atom. The molecular weight excluding hydrogens is 244 g/mol. The van der Waals surface area contributed by atoms with E-state index in [0.717, 1.165) is 5.69 Å². The average molecular weight is 257 g/mol. The van der Waals surface area contributed by atoms with Crippen LogP contribution in [-0.4, -0.2) is 22.3 Å². The van der Waals surface area contributed by atoms with Crippen molar-refractivity contribution < 1.29 is 4.79 Å². The standard InChI is InChI=1S/C10H13BrN2O/c1-10(2,11)9(14)13(3)8-4-6-12-7-5-8/h4-7H,1-3H3. The highest BCUT2D eigenvalue weighted by molar-refractivity contribution is 9.10. The Hall–Kier alpha value is -0.900. The van der Waals surface area contributed by atoms with Crippen LogP contribution in [0.5, 0.6) is 0 Å². The van der Waals surface area contributed by atoms with Gasteiger partial charge in [-0.3, -0.25) is 9.78 Å². The molecule has 4 heteroatoms. The van der Waals surface area contributed by atoms with Crippen molar-refractivity contribution in [3.63, 3.8) is 0 Å². The Morgan fingerprint density at radius 1 is 1.43 bits per heavy atom. The first-order chi connectivity index (χ1) is 6.43. The van der Waals surface area contributed by atoms with Gasteiger partial charge in [0, 0.05) is 25.1 Å². The zero-order valence-corrected chi connectivity index (χ0v) is 10.1. The normalized spacial score (nSPS) is 11.1. The summed E-state index contributed by atoms with van der Waals surface area (Å²) in [5.41, 5.74) is 0.845. The number of nitrogens with zero attached hydrogens (tertiary/aromatic N) is 2. The third-order valence-electron chi connectivity index (χ3n) is 1.86. The third-order valence-corrected chi connectivity index (χ3v) is 2.20. The van der Waals surface area contributed by atoms with Crippen LogP contribution in [0.4, 0.5) is 5.69 Å². The molecule has 14 heavy (non-hydrogen) atoms. The first-order valence-electron chi connectivity index (χ1n) is 4.30. The fraction of sp³-hybridized carbons (Fsp3) is 0.400. The number of hydrogen-bond donors (Lipinski definition) is 0. The average Bonchev–Trinajstić information content (AvgIpc) is 2.15. The molecular formula is C10H13BrN2O. The predicted octanol–water partition coefficient (Wildman–Crippen LogP) is 2.22. The minimum atomic E-state index is -0.537. The van der Waals surface area contributed by atoms with E-state index >= 15 is 0 Å². The molecule has 1 aromatic rings. The molecule has 0 aliphatic carbocycles. The van der Waals surface area contributed by atoms with Gasteiger partial charge in [-0.2, -0.15) is 0 Å². The summed E-state index contributed by atoms with van der Waals surface area (Å²) in [5, 5.41) is 0. The van der Waals surface area contributed by atoms with Gasteiger partial charge < -0.3 is 4.90 Å². The molecule has 76 valence electrons. The van der Waals surface area contributed by atoms with Gasteiger partial charge in [0.05, 0.1) is 4.32 Å². The Labute approximate surface area is 92.3 Å². The van der Waals surface area contributed by atoms with E-state index in [-0.39, 0.29) is 5.91 Å². The van der Waals surface area contributed by atoms with Crippen LogP contribution in [0.3, 0.4) is 0 Å². The number of hydrogen-bond acceptors (Lipinski definition) is 2. The van der Waals surface area contributed by atoms with E-state index in [1.54, 1.807) is 36.5 Å². The molecule has 1 rings (SSSR count). The third kappa shape index (κ3) is 2.54. The van der Waals surface area contributed by atoms with E-state index in [4.69, 9.17) is 0 Å². The number of amides is 1. The van der Waals surface area contributed by atoms with E-state index in [0.29, 0.717) is 0 Å². The second-order valence-corrected chi connectivity index (χ2v) is 5.52. The molecule has 3 nitrogen and oxygen atoms in total. The van der Waals surface area contributed by atoms with Crippen molar-refractivity contribution in [3.05, 3.63) is 24.5 Å². The van der Waals surface area contributed by atoms with E-state index in [1.165, 1.54) is 0 Å². The quantitative estimate of drug-likeness (QED) is 0.761. The van der Waals surface area contributed by atoms with E-state index < -0.39 is 4.32 Å². The van der Waals surface area contributed by atoms with Crippen molar-refractivity contribution in [2.24, 2.45) is 0 Å². The van der Waals surface area contributed by atoms with Crippen LogP contribution >= 0.6 is 15.9 Å². The zero-order valence-electron chi connectivity index (χ0n) is 8.49. The molecule has 0 aromatic carbocycles. The Kier molecular flexibility index (Phi) is 3.26. The molecule has 0 aliphatic rings. The summed E-state index contributed by atoms with van der Waals surface area (Å²) in [7, 11) is 1.75. The van der Waals surface area contributed by atoms with E-state index in [9.17, 15) is 4.79 Å². The van der Waals surface area contributed by atoms with Gasteiger partial charge in [-0.05, 0) is 26.0 Å². The molecule has 1 amide bonds. The lowest BCUT2D eigenvalue weighted by atomic mass is 10.2. The van der Waals surface area contributed by atoms with Crippen LogP contribution in [0.1, 0.15) is 13.8 Å². The minimum Gasteiger partial charge on any atom is -0.314 e. The molecule has 0 spiro atoms. The van der Waals surface area contributed by atoms with Crippen LogP contribution < -0.4 is 4.90 Å². The maximum absolute atomic E-state index is 11.8. The molecule has 1 aromatic heterocycles. The number of halogens is 1. The van der Waals surface area contributed by atoms with Gasteiger partial charge >= 0.3 is 0 Å². The van der Waals surface area contributed by atoms with Crippen molar-refractivity contribution in [2.45, 2.75) is 18.2 Å². The van der Waals surface area contributed by atoms with Crippen molar-refractivity contribution in [3.8, 4) is 0 Å². The summed E-state index contributed by atoms with van der Waals surface area (Å²) in [6.45, 7) is 3.65. The molecule has 0 N–H and O–H groups in total. The van der Waals surface area contributed by atoms with Crippen molar-refractivity contribution >= 4 is 27.5 Å². The summed E-state index contributed by atoms with van der Waals surface area (Å²) in [6, 6.07) is 3.60. The highest BCUT2D eigenvalue weighted by Gasteiger charge is 2.27. The predicted molar refractivity (Wildman–Crippen MR) is 60.7 cm³/mol. The van der Waals surface area contributed by atoms with Crippen LogP contribution in [-0.2, 0) is 4.79 Å². The van der Waals surface area contributed by atoms with Crippen LogP contribution in [0.2, 0.25) is 0 Å². The van der Waals surface area contributed by atoms with Gasteiger partial charge in [0.2, 0.25) is 5.91 Å². The monoisotopic (exact) mass is 256 g/mol. The molecule has 0 saturated carbocycles. The summed E-state index contributed by atoms with van der Waals surface area (Å²) in [5.74, 6) is 0.0173. The van der Waals surface area contributed by atoms with Gasteiger partial charge in [-0.15, -0.1) is 0 Å². The molecule has 0 unspecified atom stereocenters. The largest absolute Gasteiger partial charge is 0.314 e. The fourth-order valence-corrected chi connectivity index (χ4v) is 1.35. The van der Waals surface area contributed by atoms with Gasteiger partial charge in [0.25, 0.3) is 0 Å². The molecule has 0 atom stereocenters. The number of rotatable bonds is 2. The highest BCUT2D eigenvalue weighted by Crippen LogP contribution is 2.22. The van der Waals surface area contributed by atoms with Crippen LogP contribution in [0, 0.1) is 0 Å².